The molecule has 1 N–H and O–H groups in total. The molecule has 6 nitrogen and oxygen atoms in total. The van der Waals surface area contributed by atoms with Crippen LogP contribution in [0, 0.1) is 0 Å². The molecule has 0 saturated carbocycles. The molecule has 2 amide bonds. The first-order valence-corrected chi connectivity index (χ1v) is 6.31. The fourth-order valence-electron chi connectivity index (χ4n) is 1.73. The standard InChI is InChI=1S/C13H12F3N3O3/c14-13(15,16)8-22-18-12(21)10-6-7-11(20)19(17-10)9-4-2-1-3-5-9/h1-5H,6-8H2,(H,18,21). The number of para-hydroxylation sites is 1. The Morgan fingerprint density at radius 1 is 1.27 bits per heavy atom. The molecule has 1 aliphatic heterocycles. The number of nitrogens with zero attached hydrogens (tertiary/aromatic N) is 2. The molecule has 2 rings (SSSR count). The third-order valence-corrected chi connectivity index (χ3v) is 2.70. The molecule has 0 aromatic heterocycles. The summed E-state index contributed by atoms with van der Waals surface area (Å²) >= 11 is 0. The molecule has 1 aromatic carbocycles. The summed E-state index contributed by atoms with van der Waals surface area (Å²) in [5, 5.41) is 4.92. The first-order valence-electron chi connectivity index (χ1n) is 6.31. The molecule has 1 heterocycles. The van der Waals surface area contributed by atoms with Crippen molar-refractivity contribution in [2.75, 3.05) is 11.6 Å². The molecule has 118 valence electrons. The molecule has 0 aliphatic carbocycles. The van der Waals surface area contributed by atoms with Gasteiger partial charge in [0.15, 0.2) is 6.61 Å². The summed E-state index contributed by atoms with van der Waals surface area (Å²) < 4.78 is 35.8. The van der Waals surface area contributed by atoms with Crippen LogP contribution in [0.5, 0.6) is 0 Å². The van der Waals surface area contributed by atoms with E-state index < -0.39 is 18.7 Å². The number of carbonyl (C=O) groups is 2. The van der Waals surface area contributed by atoms with E-state index in [1.54, 1.807) is 35.8 Å². The van der Waals surface area contributed by atoms with Gasteiger partial charge < -0.3 is 0 Å². The van der Waals surface area contributed by atoms with Crippen molar-refractivity contribution in [2.45, 2.75) is 19.0 Å². The number of hydrazone groups is 1. The highest BCUT2D eigenvalue weighted by molar-refractivity contribution is 6.39. The normalized spacial score (nSPS) is 15.5. The Hall–Kier alpha value is -2.42. The summed E-state index contributed by atoms with van der Waals surface area (Å²) in [4.78, 5) is 27.6. The fraction of sp³-hybridized carbons (Fsp3) is 0.308. The predicted molar refractivity (Wildman–Crippen MR) is 70.7 cm³/mol. The fourth-order valence-corrected chi connectivity index (χ4v) is 1.73. The molecule has 0 spiro atoms. The van der Waals surface area contributed by atoms with Gasteiger partial charge in [-0.05, 0) is 12.1 Å². The molecule has 0 fully saturated rings. The minimum absolute atomic E-state index is 0.0282. The summed E-state index contributed by atoms with van der Waals surface area (Å²) in [6.45, 7) is -1.60. The molecule has 0 radical (unpaired) electrons. The van der Waals surface area contributed by atoms with E-state index in [1.165, 1.54) is 0 Å². The maximum absolute atomic E-state index is 11.9. The lowest BCUT2D eigenvalue weighted by atomic mass is 10.1. The zero-order valence-corrected chi connectivity index (χ0v) is 11.3. The molecule has 0 atom stereocenters. The summed E-state index contributed by atoms with van der Waals surface area (Å²) in [6.07, 6.45) is -4.49. The number of rotatable bonds is 4. The molecule has 1 aromatic rings. The summed E-state index contributed by atoms with van der Waals surface area (Å²) in [6, 6.07) is 8.39. The van der Waals surface area contributed by atoms with Gasteiger partial charge in [0, 0.05) is 12.8 Å². The number of hydrogen-bond donors (Lipinski definition) is 1. The van der Waals surface area contributed by atoms with Crippen LogP contribution >= 0.6 is 0 Å². The lowest BCUT2D eigenvalue weighted by molar-refractivity contribution is -0.190. The smallest absolute Gasteiger partial charge is 0.273 e. The highest BCUT2D eigenvalue weighted by Crippen LogP contribution is 2.19. The van der Waals surface area contributed by atoms with Crippen molar-refractivity contribution in [1.29, 1.82) is 0 Å². The van der Waals surface area contributed by atoms with Gasteiger partial charge in [-0.1, -0.05) is 18.2 Å². The second kappa shape index (κ2) is 6.56. The highest BCUT2D eigenvalue weighted by atomic mass is 19.4. The first-order chi connectivity index (χ1) is 10.4. The van der Waals surface area contributed by atoms with E-state index in [2.05, 4.69) is 9.94 Å². The van der Waals surface area contributed by atoms with Gasteiger partial charge in [0.1, 0.15) is 5.71 Å². The van der Waals surface area contributed by atoms with Crippen LogP contribution in [0.3, 0.4) is 0 Å². The summed E-state index contributed by atoms with van der Waals surface area (Å²) in [5.74, 6) is -1.21. The zero-order valence-electron chi connectivity index (χ0n) is 11.3. The first kappa shape index (κ1) is 16.0. The maximum atomic E-state index is 11.9. The van der Waals surface area contributed by atoms with Gasteiger partial charge in [-0.25, -0.2) is 10.5 Å². The quantitative estimate of drug-likeness (QED) is 0.861. The second-order valence-electron chi connectivity index (χ2n) is 4.42. The third-order valence-electron chi connectivity index (χ3n) is 2.70. The topological polar surface area (TPSA) is 71.0 Å². The minimum Gasteiger partial charge on any atom is -0.273 e. The van der Waals surface area contributed by atoms with Crippen molar-refractivity contribution < 1.29 is 27.6 Å². The van der Waals surface area contributed by atoms with Gasteiger partial charge in [-0.2, -0.15) is 18.3 Å². The largest absolute Gasteiger partial charge is 0.414 e. The molecular weight excluding hydrogens is 303 g/mol. The van der Waals surface area contributed by atoms with E-state index in [9.17, 15) is 22.8 Å². The molecule has 0 unspecified atom stereocenters. The lowest BCUT2D eigenvalue weighted by Gasteiger charge is -2.23. The number of nitrogens with one attached hydrogen (secondary N) is 1. The average Bonchev–Trinajstić information content (AvgIpc) is 2.47. The molecule has 1 aliphatic rings. The van der Waals surface area contributed by atoms with Gasteiger partial charge >= 0.3 is 6.18 Å². The maximum Gasteiger partial charge on any atom is 0.414 e. The van der Waals surface area contributed by atoms with E-state index in [-0.39, 0.29) is 24.5 Å². The zero-order chi connectivity index (χ0) is 16.2. The number of amides is 2. The minimum atomic E-state index is -4.55. The summed E-state index contributed by atoms with van der Waals surface area (Å²) in [7, 11) is 0. The Morgan fingerprint density at radius 3 is 2.59 bits per heavy atom. The Bertz CT molecular complexity index is 587. The number of halogens is 3. The van der Waals surface area contributed by atoms with Crippen molar-refractivity contribution >= 4 is 23.2 Å². The molecular formula is C13H12F3N3O3. The van der Waals surface area contributed by atoms with Crippen molar-refractivity contribution in [2.24, 2.45) is 5.10 Å². The number of carbonyl (C=O) groups excluding carboxylic acids is 2. The van der Waals surface area contributed by atoms with Gasteiger partial charge in [-0.15, -0.1) is 0 Å². The van der Waals surface area contributed by atoms with Crippen molar-refractivity contribution in [3.8, 4) is 0 Å². The van der Waals surface area contributed by atoms with E-state index in [0.717, 1.165) is 5.01 Å². The summed E-state index contributed by atoms with van der Waals surface area (Å²) in [5.41, 5.74) is 2.06. The van der Waals surface area contributed by atoms with Crippen LogP contribution in [0.4, 0.5) is 18.9 Å². The van der Waals surface area contributed by atoms with Crippen LogP contribution in [-0.2, 0) is 14.4 Å². The van der Waals surface area contributed by atoms with Crippen LogP contribution in [-0.4, -0.2) is 30.3 Å². The van der Waals surface area contributed by atoms with Crippen LogP contribution in [0.1, 0.15) is 12.8 Å². The SMILES string of the molecule is O=C(NOCC(F)(F)F)C1=NN(c2ccccc2)C(=O)CC1. The number of benzene rings is 1. The average molecular weight is 315 g/mol. The van der Waals surface area contributed by atoms with E-state index >= 15 is 0 Å². The number of hydrogen-bond acceptors (Lipinski definition) is 4. The van der Waals surface area contributed by atoms with Crippen molar-refractivity contribution in [3.63, 3.8) is 0 Å². The predicted octanol–water partition coefficient (Wildman–Crippen LogP) is 1.78. The Kier molecular flexibility index (Phi) is 4.76. The van der Waals surface area contributed by atoms with Crippen molar-refractivity contribution in [3.05, 3.63) is 30.3 Å². The molecule has 0 bridgehead atoms. The lowest BCUT2D eigenvalue weighted by Crippen LogP contribution is -2.40. The Balaban J connectivity index is 2.04. The van der Waals surface area contributed by atoms with Gasteiger partial charge in [0.2, 0.25) is 5.91 Å². The monoisotopic (exact) mass is 315 g/mol. The Morgan fingerprint density at radius 2 is 1.95 bits per heavy atom. The van der Waals surface area contributed by atoms with E-state index in [0.29, 0.717) is 5.69 Å². The number of alkyl halides is 3. The second-order valence-corrected chi connectivity index (χ2v) is 4.42. The van der Waals surface area contributed by atoms with Crippen molar-refractivity contribution in [1.82, 2.24) is 5.48 Å². The van der Waals surface area contributed by atoms with Gasteiger partial charge in [0.05, 0.1) is 5.69 Å². The highest BCUT2D eigenvalue weighted by Gasteiger charge is 2.29. The number of hydroxylamine groups is 1. The van der Waals surface area contributed by atoms with Crippen LogP contribution in [0.25, 0.3) is 0 Å². The van der Waals surface area contributed by atoms with Crippen LogP contribution in [0.2, 0.25) is 0 Å². The Labute approximate surface area is 123 Å². The molecule has 9 heteroatoms. The van der Waals surface area contributed by atoms with E-state index in [1.807, 2.05) is 0 Å². The molecule has 0 saturated heterocycles. The number of anilines is 1. The molecule has 22 heavy (non-hydrogen) atoms. The van der Waals surface area contributed by atoms with Crippen LogP contribution < -0.4 is 10.5 Å². The van der Waals surface area contributed by atoms with Crippen LogP contribution in [0.15, 0.2) is 35.4 Å². The van der Waals surface area contributed by atoms with E-state index in [4.69, 9.17) is 0 Å². The third kappa shape index (κ3) is 4.29. The van der Waals surface area contributed by atoms with Gasteiger partial charge in [-0.3, -0.25) is 14.4 Å². The van der Waals surface area contributed by atoms with Gasteiger partial charge in [0.25, 0.3) is 5.91 Å².